The Morgan fingerprint density at radius 3 is 2.22 bits per heavy atom. The van der Waals surface area contributed by atoms with Crippen LogP contribution in [0.25, 0.3) is 0 Å². The molecule has 1 unspecified atom stereocenters. The second-order valence-electron chi connectivity index (χ2n) is 2.82. The van der Waals surface area contributed by atoms with Gasteiger partial charge in [0.1, 0.15) is 4.33 Å². The Kier molecular flexibility index (Phi) is 1.46. The number of hydrogen-bond acceptors (Lipinski definition) is 0. The second kappa shape index (κ2) is 1.81. The van der Waals surface area contributed by atoms with E-state index in [0.29, 0.717) is 6.42 Å². The summed E-state index contributed by atoms with van der Waals surface area (Å²) >= 11 is 11.6. The number of halogens is 2. The third-order valence-electron chi connectivity index (χ3n) is 1.86. The van der Waals surface area contributed by atoms with Gasteiger partial charge in [-0.1, -0.05) is 6.92 Å². The summed E-state index contributed by atoms with van der Waals surface area (Å²) in [6.45, 7) is 2.01. The maximum absolute atomic E-state index is 5.80. The predicted molar refractivity (Wildman–Crippen MR) is 40.6 cm³/mol. The number of hydrogen-bond donors (Lipinski definition) is 0. The largest absolute Gasteiger partial charge is 0.125 e. The van der Waals surface area contributed by atoms with E-state index < -0.39 is 4.33 Å². The summed E-state index contributed by atoms with van der Waals surface area (Å²) in [5.41, 5.74) is -0.00907. The Labute approximate surface area is 65.5 Å². The highest BCUT2D eigenvalue weighted by Gasteiger charge is 2.62. The van der Waals surface area contributed by atoms with Crippen molar-refractivity contribution < 1.29 is 0 Å². The van der Waals surface area contributed by atoms with Crippen LogP contribution in [0.3, 0.4) is 0 Å². The predicted octanol–water partition coefficient (Wildman–Crippen LogP) is 2.59. The van der Waals surface area contributed by atoms with Crippen molar-refractivity contribution in [2.45, 2.75) is 24.1 Å². The molecule has 0 aromatic heterocycles. The summed E-state index contributed by atoms with van der Waals surface area (Å²) in [5.74, 6) is 2.56. The van der Waals surface area contributed by atoms with Crippen LogP contribution in [0.15, 0.2) is 0 Å². The smallest absolute Gasteiger partial charge is 0.120 e. The van der Waals surface area contributed by atoms with E-state index in [9.17, 15) is 0 Å². The fourth-order valence-electron chi connectivity index (χ4n) is 0.863. The van der Waals surface area contributed by atoms with Gasteiger partial charge in [0.25, 0.3) is 0 Å². The van der Waals surface area contributed by atoms with Crippen LogP contribution in [0.4, 0.5) is 0 Å². The number of terminal acetylenes is 1. The standard InChI is InChI=1S/C7H8Cl2/c1-3-4-6(2)5-7(6,8)9/h1H,4-5H2,2H3. The maximum atomic E-state index is 5.80. The van der Waals surface area contributed by atoms with Crippen molar-refractivity contribution in [3.05, 3.63) is 0 Å². The van der Waals surface area contributed by atoms with Gasteiger partial charge < -0.3 is 0 Å². The molecule has 0 aliphatic heterocycles. The van der Waals surface area contributed by atoms with Crippen molar-refractivity contribution in [2.24, 2.45) is 5.41 Å². The molecule has 0 saturated heterocycles. The van der Waals surface area contributed by atoms with Crippen LogP contribution in [-0.2, 0) is 0 Å². The van der Waals surface area contributed by atoms with E-state index in [1.165, 1.54) is 0 Å². The van der Waals surface area contributed by atoms with Gasteiger partial charge in [-0.15, -0.1) is 35.5 Å². The van der Waals surface area contributed by atoms with Crippen molar-refractivity contribution >= 4 is 23.2 Å². The molecule has 1 fully saturated rings. The molecule has 0 spiro atoms. The second-order valence-corrected chi connectivity index (χ2v) is 4.31. The normalized spacial score (nSPS) is 37.6. The minimum absolute atomic E-state index is 0.00907. The molecule has 50 valence electrons. The summed E-state index contributed by atoms with van der Waals surface area (Å²) in [6.07, 6.45) is 6.62. The lowest BCUT2D eigenvalue weighted by Crippen LogP contribution is -2.02. The lowest BCUT2D eigenvalue weighted by atomic mass is 10.1. The molecule has 0 heterocycles. The molecular weight excluding hydrogens is 155 g/mol. The van der Waals surface area contributed by atoms with E-state index in [1.54, 1.807) is 0 Å². The van der Waals surface area contributed by atoms with Gasteiger partial charge in [-0.3, -0.25) is 0 Å². The molecule has 1 rings (SSSR count). The minimum Gasteiger partial charge on any atom is -0.120 e. The lowest BCUT2D eigenvalue weighted by Gasteiger charge is -2.04. The molecule has 1 aliphatic rings. The SMILES string of the molecule is C#CCC1(C)CC1(Cl)Cl. The monoisotopic (exact) mass is 162 g/mol. The number of rotatable bonds is 1. The van der Waals surface area contributed by atoms with Crippen LogP contribution in [0, 0.1) is 17.8 Å². The average molecular weight is 163 g/mol. The summed E-state index contributed by atoms with van der Waals surface area (Å²) in [5, 5.41) is 0. The van der Waals surface area contributed by atoms with Gasteiger partial charge in [0.15, 0.2) is 0 Å². The van der Waals surface area contributed by atoms with Gasteiger partial charge >= 0.3 is 0 Å². The van der Waals surface area contributed by atoms with Crippen LogP contribution < -0.4 is 0 Å². The quantitative estimate of drug-likeness (QED) is 0.411. The summed E-state index contributed by atoms with van der Waals surface area (Å²) in [4.78, 5) is 0. The topological polar surface area (TPSA) is 0 Å². The highest BCUT2D eigenvalue weighted by Crippen LogP contribution is 2.65. The Balaban J connectivity index is 2.55. The van der Waals surface area contributed by atoms with E-state index in [1.807, 2.05) is 6.92 Å². The zero-order valence-corrected chi connectivity index (χ0v) is 6.76. The first kappa shape index (κ1) is 7.25. The zero-order valence-electron chi connectivity index (χ0n) is 5.25. The van der Waals surface area contributed by atoms with E-state index in [0.717, 1.165) is 6.42 Å². The van der Waals surface area contributed by atoms with Gasteiger partial charge in [0.2, 0.25) is 0 Å². The molecule has 2 heteroatoms. The third-order valence-corrected chi connectivity index (χ3v) is 3.04. The first-order valence-electron chi connectivity index (χ1n) is 2.83. The van der Waals surface area contributed by atoms with Crippen LogP contribution in [0.2, 0.25) is 0 Å². The average Bonchev–Trinajstić information content (AvgIpc) is 2.07. The molecular formula is C7H8Cl2. The van der Waals surface area contributed by atoms with Crippen LogP contribution >= 0.6 is 23.2 Å². The Bertz CT molecular complexity index is 166. The van der Waals surface area contributed by atoms with E-state index in [4.69, 9.17) is 29.6 Å². The Morgan fingerprint density at radius 1 is 1.67 bits per heavy atom. The molecule has 1 atom stereocenters. The highest BCUT2D eigenvalue weighted by molar-refractivity contribution is 6.51. The zero-order chi connectivity index (χ0) is 7.12. The first-order chi connectivity index (χ1) is 4.02. The van der Waals surface area contributed by atoms with Crippen LogP contribution in [0.1, 0.15) is 19.8 Å². The molecule has 0 bridgehead atoms. The lowest BCUT2D eigenvalue weighted by molar-refractivity contribution is 0.585. The summed E-state index contributed by atoms with van der Waals surface area (Å²) < 4.78 is -0.542. The van der Waals surface area contributed by atoms with Crippen LogP contribution in [-0.4, -0.2) is 4.33 Å². The fraction of sp³-hybridized carbons (Fsp3) is 0.714. The summed E-state index contributed by atoms with van der Waals surface area (Å²) in [6, 6.07) is 0. The summed E-state index contributed by atoms with van der Waals surface area (Å²) in [7, 11) is 0. The van der Waals surface area contributed by atoms with Crippen molar-refractivity contribution in [1.29, 1.82) is 0 Å². The van der Waals surface area contributed by atoms with Gasteiger partial charge in [0.05, 0.1) is 0 Å². The van der Waals surface area contributed by atoms with E-state index in [2.05, 4.69) is 5.92 Å². The molecule has 0 nitrogen and oxygen atoms in total. The molecule has 1 saturated carbocycles. The van der Waals surface area contributed by atoms with Gasteiger partial charge in [-0.25, -0.2) is 0 Å². The Morgan fingerprint density at radius 2 is 2.11 bits per heavy atom. The molecule has 0 radical (unpaired) electrons. The molecule has 9 heavy (non-hydrogen) atoms. The molecule has 0 aromatic rings. The fourth-order valence-corrected chi connectivity index (χ4v) is 1.59. The van der Waals surface area contributed by atoms with Gasteiger partial charge in [0, 0.05) is 11.8 Å². The molecule has 0 aromatic carbocycles. The maximum Gasteiger partial charge on any atom is 0.125 e. The van der Waals surface area contributed by atoms with Gasteiger partial charge in [-0.2, -0.15) is 0 Å². The van der Waals surface area contributed by atoms with Crippen LogP contribution in [0.5, 0.6) is 0 Å². The molecule has 0 amide bonds. The highest BCUT2D eigenvalue weighted by atomic mass is 35.5. The van der Waals surface area contributed by atoms with E-state index >= 15 is 0 Å². The number of alkyl halides is 2. The van der Waals surface area contributed by atoms with Crippen molar-refractivity contribution in [3.8, 4) is 12.3 Å². The first-order valence-corrected chi connectivity index (χ1v) is 3.59. The molecule has 1 aliphatic carbocycles. The third kappa shape index (κ3) is 1.04. The minimum atomic E-state index is -0.542. The van der Waals surface area contributed by atoms with Crippen molar-refractivity contribution in [3.63, 3.8) is 0 Å². The van der Waals surface area contributed by atoms with Crippen molar-refractivity contribution in [2.75, 3.05) is 0 Å². The molecule has 0 N–H and O–H groups in total. The van der Waals surface area contributed by atoms with Crippen molar-refractivity contribution in [1.82, 2.24) is 0 Å². The Hall–Kier alpha value is 0.140. The van der Waals surface area contributed by atoms with E-state index in [-0.39, 0.29) is 5.41 Å². The van der Waals surface area contributed by atoms with Gasteiger partial charge in [-0.05, 0) is 6.42 Å².